The fourth-order valence-electron chi connectivity index (χ4n) is 1.15. The Morgan fingerprint density at radius 1 is 1.36 bits per heavy atom. The minimum absolute atomic E-state index is 0.214. The highest BCUT2D eigenvalue weighted by Crippen LogP contribution is 2.43. The standard InChI is InChI=1S/C8H6F4O2/c9-7(8(10,11)12)4-2-1-3-5(7)6(13)14/h1-5H,(H,13,14). The maximum absolute atomic E-state index is 13.4. The van der Waals surface area contributed by atoms with E-state index in [0.29, 0.717) is 6.08 Å². The second kappa shape index (κ2) is 3.11. The van der Waals surface area contributed by atoms with Crippen LogP contribution < -0.4 is 0 Å². The molecule has 0 radical (unpaired) electrons. The summed E-state index contributed by atoms with van der Waals surface area (Å²) in [5, 5.41) is 8.41. The fourth-order valence-corrected chi connectivity index (χ4v) is 1.15. The molecule has 1 rings (SSSR count). The van der Waals surface area contributed by atoms with Crippen molar-refractivity contribution in [3.63, 3.8) is 0 Å². The van der Waals surface area contributed by atoms with E-state index >= 15 is 0 Å². The van der Waals surface area contributed by atoms with E-state index in [1.54, 1.807) is 0 Å². The maximum Gasteiger partial charge on any atom is 0.427 e. The van der Waals surface area contributed by atoms with E-state index in [2.05, 4.69) is 0 Å². The van der Waals surface area contributed by atoms with Crippen molar-refractivity contribution in [2.75, 3.05) is 0 Å². The van der Waals surface area contributed by atoms with Crippen molar-refractivity contribution >= 4 is 5.97 Å². The topological polar surface area (TPSA) is 37.3 Å². The summed E-state index contributed by atoms with van der Waals surface area (Å²) in [6, 6.07) is 0. The first kappa shape index (κ1) is 10.7. The van der Waals surface area contributed by atoms with Gasteiger partial charge in [0.05, 0.1) is 0 Å². The molecule has 1 aliphatic carbocycles. The molecule has 0 aromatic rings. The number of alkyl halides is 4. The average Bonchev–Trinajstić information content (AvgIpc) is 2.02. The van der Waals surface area contributed by atoms with Crippen molar-refractivity contribution in [2.24, 2.45) is 5.92 Å². The van der Waals surface area contributed by atoms with Crippen LogP contribution in [0.1, 0.15) is 0 Å². The largest absolute Gasteiger partial charge is 0.481 e. The van der Waals surface area contributed by atoms with E-state index in [4.69, 9.17) is 5.11 Å². The minimum atomic E-state index is -5.22. The predicted octanol–water partition coefficient (Wildman–Crippen LogP) is 2.08. The summed E-state index contributed by atoms with van der Waals surface area (Å²) in [4.78, 5) is 10.4. The molecule has 0 aliphatic heterocycles. The summed E-state index contributed by atoms with van der Waals surface area (Å²) >= 11 is 0. The molecule has 78 valence electrons. The number of hydrogen-bond acceptors (Lipinski definition) is 1. The molecular formula is C8H6F4O2. The number of carboxylic acid groups (broad SMARTS) is 1. The van der Waals surface area contributed by atoms with Gasteiger partial charge in [-0.2, -0.15) is 13.2 Å². The zero-order valence-corrected chi connectivity index (χ0v) is 6.75. The minimum Gasteiger partial charge on any atom is -0.481 e. The highest BCUT2D eigenvalue weighted by Gasteiger charge is 2.61. The lowest BCUT2D eigenvalue weighted by molar-refractivity contribution is -0.227. The number of carbonyl (C=O) groups is 1. The Morgan fingerprint density at radius 3 is 2.29 bits per heavy atom. The molecule has 2 atom stereocenters. The molecule has 0 saturated heterocycles. The average molecular weight is 210 g/mol. The maximum atomic E-state index is 13.4. The van der Waals surface area contributed by atoms with Gasteiger partial charge in [0, 0.05) is 0 Å². The summed E-state index contributed by atoms with van der Waals surface area (Å²) in [7, 11) is 0. The van der Waals surface area contributed by atoms with Gasteiger partial charge in [0.2, 0.25) is 5.67 Å². The molecule has 0 spiro atoms. The van der Waals surface area contributed by atoms with Crippen LogP contribution in [0.4, 0.5) is 17.6 Å². The van der Waals surface area contributed by atoms with Crippen molar-refractivity contribution in [1.82, 2.24) is 0 Å². The van der Waals surface area contributed by atoms with Crippen LogP contribution in [0, 0.1) is 5.92 Å². The third kappa shape index (κ3) is 1.51. The zero-order chi connectivity index (χ0) is 11.0. The number of hydrogen-bond donors (Lipinski definition) is 1. The molecule has 0 aromatic carbocycles. The van der Waals surface area contributed by atoms with Crippen LogP contribution in [0.25, 0.3) is 0 Å². The summed E-state index contributed by atoms with van der Waals surface area (Å²) in [6.07, 6.45) is -2.42. The SMILES string of the molecule is O=C(O)C1C=CC=CC1(F)C(F)(F)F. The molecule has 2 nitrogen and oxygen atoms in total. The first-order valence-corrected chi connectivity index (χ1v) is 3.63. The third-order valence-electron chi connectivity index (χ3n) is 1.91. The molecular weight excluding hydrogens is 204 g/mol. The van der Waals surface area contributed by atoms with Gasteiger partial charge in [0.15, 0.2) is 0 Å². The van der Waals surface area contributed by atoms with Crippen LogP contribution in [-0.4, -0.2) is 22.9 Å². The van der Waals surface area contributed by atoms with Crippen LogP contribution in [0.5, 0.6) is 0 Å². The fraction of sp³-hybridized carbons (Fsp3) is 0.375. The molecule has 0 bridgehead atoms. The van der Waals surface area contributed by atoms with Gasteiger partial charge < -0.3 is 5.11 Å². The highest BCUT2D eigenvalue weighted by atomic mass is 19.4. The van der Waals surface area contributed by atoms with Gasteiger partial charge in [-0.1, -0.05) is 18.2 Å². The van der Waals surface area contributed by atoms with Gasteiger partial charge in [0.25, 0.3) is 0 Å². The monoisotopic (exact) mass is 210 g/mol. The number of carboxylic acids is 1. The Kier molecular flexibility index (Phi) is 2.39. The van der Waals surface area contributed by atoms with Crippen LogP contribution in [0.2, 0.25) is 0 Å². The second-order valence-corrected chi connectivity index (χ2v) is 2.83. The quantitative estimate of drug-likeness (QED) is 0.673. The summed E-state index contributed by atoms with van der Waals surface area (Å²) in [5.41, 5.74) is -3.81. The third-order valence-corrected chi connectivity index (χ3v) is 1.91. The van der Waals surface area contributed by atoms with Crippen LogP contribution in [0.15, 0.2) is 24.3 Å². The first-order chi connectivity index (χ1) is 6.29. The van der Waals surface area contributed by atoms with Gasteiger partial charge in [-0.25, -0.2) is 4.39 Å². The number of halogens is 4. The van der Waals surface area contributed by atoms with Gasteiger partial charge >= 0.3 is 12.1 Å². The Labute approximate surface area is 76.5 Å². The van der Waals surface area contributed by atoms with E-state index in [-0.39, 0.29) is 6.08 Å². The molecule has 0 saturated carbocycles. The van der Waals surface area contributed by atoms with E-state index in [0.717, 1.165) is 12.2 Å². The van der Waals surface area contributed by atoms with Crippen LogP contribution >= 0.6 is 0 Å². The van der Waals surface area contributed by atoms with E-state index in [1.807, 2.05) is 0 Å². The molecule has 1 N–H and O–H groups in total. The second-order valence-electron chi connectivity index (χ2n) is 2.83. The van der Waals surface area contributed by atoms with Gasteiger partial charge in [-0.15, -0.1) is 0 Å². The number of allylic oxidation sites excluding steroid dienone is 3. The Hall–Kier alpha value is -1.33. The van der Waals surface area contributed by atoms with Gasteiger partial charge in [-0.3, -0.25) is 4.79 Å². The van der Waals surface area contributed by atoms with Crippen molar-refractivity contribution in [1.29, 1.82) is 0 Å². The lowest BCUT2D eigenvalue weighted by Gasteiger charge is -2.30. The summed E-state index contributed by atoms with van der Waals surface area (Å²) in [6.45, 7) is 0. The lowest BCUT2D eigenvalue weighted by Crippen LogP contribution is -2.48. The molecule has 0 heterocycles. The highest BCUT2D eigenvalue weighted by molar-refractivity contribution is 5.75. The van der Waals surface area contributed by atoms with Crippen molar-refractivity contribution in [3.05, 3.63) is 24.3 Å². The van der Waals surface area contributed by atoms with Crippen molar-refractivity contribution in [2.45, 2.75) is 11.8 Å². The molecule has 14 heavy (non-hydrogen) atoms. The predicted molar refractivity (Wildman–Crippen MR) is 39.3 cm³/mol. The van der Waals surface area contributed by atoms with Gasteiger partial charge in [0.1, 0.15) is 5.92 Å². The number of rotatable bonds is 1. The normalized spacial score (nSPS) is 31.9. The van der Waals surface area contributed by atoms with Crippen LogP contribution in [-0.2, 0) is 4.79 Å². The molecule has 0 fully saturated rings. The molecule has 0 aromatic heterocycles. The molecule has 2 unspecified atom stereocenters. The molecule has 1 aliphatic rings. The smallest absolute Gasteiger partial charge is 0.427 e. The van der Waals surface area contributed by atoms with Crippen LogP contribution in [0.3, 0.4) is 0 Å². The Morgan fingerprint density at radius 2 is 1.93 bits per heavy atom. The first-order valence-electron chi connectivity index (χ1n) is 3.63. The Bertz CT molecular complexity index is 305. The zero-order valence-electron chi connectivity index (χ0n) is 6.75. The van der Waals surface area contributed by atoms with Gasteiger partial charge in [-0.05, 0) is 6.08 Å². The van der Waals surface area contributed by atoms with Crippen molar-refractivity contribution < 1.29 is 27.5 Å². The molecule has 6 heteroatoms. The van der Waals surface area contributed by atoms with E-state index in [9.17, 15) is 22.4 Å². The number of aliphatic carboxylic acids is 1. The lowest BCUT2D eigenvalue weighted by atomic mass is 9.85. The van der Waals surface area contributed by atoms with E-state index < -0.39 is 23.7 Å². The van der Waals surface area contributed by atoms with Crippen molar-refractivity contribution in [3.8, 4) is 0 Å². The van der Waals surface area contributed by atoms with E-state index in [1.165, 1.54) is 0 Å². The molecule has 0 amide bonds. The summed E-state index contributed by atoms with van der Waals surface area (Å²) in [5.74, 6) is -4.06. The summed E-state index contributed by atoms with van der Waals surface area (Å²) < 4.78 is 50.0. The Balaban J connectivity index is 3.13.